The van der Waals surface area contributed by atoms with E-state index in [1.165, 1.54) is 10.9 Å². The molecule has 4 atom stereocenters. The molecule has 1 fully saturated rings. The number of aliphatic hydroxyl groups is 2. The standard InChI is InChI=1S/C18H16ClN5O8/c1-3-5-18(14(26)27,15(28)29)31-6-8-17(30,4-2)10(25)13(32-8)24-7-21-9-11(20)22-16(19)23-12(9)24/h1-2,7-8,10,13,25,30H,5-6H2,(H,26,27)(H,28,29)(H2,20,22,23)/t8-,10+,13-,17-/m1/s1. The summed E-state index contributed by atoms with van der Waals surface area (Å²) in [7, 11) is 0. The highest BCUT2D eigenvalue weighted by Crippen LogP contribution is 2.39. The fourth-order valence-electron chi connectivity index (χ4n) is 3.19. The molecule has 0 aliphatic carbocycles. The highest BCUT2D eigenvalue weighted by molar-refractivity contribution is 6.28. The molecule has 1 aliphatic heterocycles. The Morgan fingerprint density at radius 3 is 2.59 bits per heavy atom. The Morgan fingerprint density at radius 2 is 2.03 bits per heavy atom. The minimum absolute atomic E-state index is 0.0465. The van der Waals surface area contributed by atoms with Crippen molar-refractivity contribution >= 4 is 40.5 Å². The number of carboxylic acid groups (broad SMARTS) is 2. The van der Waals surface area contributed by atoms with Gasteiger partial charge in [0.1, 0.15) is 17.7 Å². The van der Waals surface area contributed by atoms with E-state index < -0.39 is 54.6 Å². The van der Waals surface area contributed by atoms with Crippen LogP contribution in [0.25, 0.3) is 11.2 Å². The van der Waals surface area contributed by atoms with Crippen LogP contribution < -0.4 is 5.73 Å². The van der Waals surface area contributed by atoms with E-state index in [0.29, 0.717) is 0 Å². The average Bonchev–Trinajstić information content (AvgIpc) is 3.25. The maximum atomic E-state index is 11.6. The normalized spacial score (nSPS) is 25.3. The summed E-state index contributed by atoms with van der Waals surface area (Å²) in [6.45, 7) is -0.848. The Morgan fingerprint density at radius 1 is 1.38 bits per heavy atom. The van der Waals surface area contributed by atoms with Crippen molar-refractivity contribution in [2.24, 2.45) is 0 Å². The predicted molar refractivity (Wildman–Crippen MR) is 106 cm³/mol. The minimum Gasteiger partial charge on any atom is -0.479 e. The lowest BCUT2D eigenvalue weighted by Crippen LogP contribution is -2.53. The van der Waals surface area contributed by atoms with Crippen molar-refractivity contribution in [3.63, 3.8) is 0 Å². The van der Waals surface area contributed by atoms with Crippen molar-refractivity contribution in [3.05, 3.63) is 11.6 Å². The number of nitrogen functional groups attached to an aromatic ring is 1. The number of aliphatic carboxylic acids is 2. The second-order valence-electron chi connectivity index (χ2n) is 6.76. The molecule has 0 radical (unpaired) electrons. The molecule has 0 unspecified atom stereocenters. The van der Waals surface area contributed by atoms with E-state index in [1.54, 1.807) is 0 Å². The van der Waals surface area contributed by atoms with Crippen molar-refractivity contribution < 1.29 is 39.5 Å². The summed E-state index contributed by atoms with van der Waals surface area (Å²) in [5, 5.41) is 40.1. The lowest BCUT2D eigenvalue weighted by Gasteiger charge is -2.29. The van der Waals surface area contributed by atoms with Gasteiger partial charge in [-0.15, -0.1) is 18.8 Å². The van der Waals surface area contributed by atoms with Gasteiger partial charge < -0.3 is 35.6 Å². The van der Waals surface area contributed by atoms with Crippen LogP contribution in [0.3, 0.4) is 0 Å². The number of aliphatic hydroxyl groups excluding tert-OH is 1. The van der Waals surface area contributed by atoms with Crippen molar-refractivity contribution in [1.29, 1.82) is 0 Å². The van der Waals surface area contributed by atoms with E-state index in [4.69, 9.17) is 39.7 Å². The number of nitrogens with zero attached hydrogens (tertiary/aromatic N) is 4. The number of aromatic nitrogens is 4. The van der Waals surface area contributed by atoms with Crippen LogP contribution >= 0.6 is 11.6 Å². The summed E-state index contributed by atoms with van der Waals surface area (Å²) in [5.74, 6) is 0.103. The van der Waals surface area contributed by atoms with Crippen molar-refractivity contribution in [2.45, 2.75) is 36.1 Å². The molecular formula is C18H16ClN5O8. The van der Waals surface area contributed by atoms with Gasteiger partial charge in [-0.3, -0.25) is 4.57 Å². The van der Waals surface area contributed by atoms with E-state index in [9.17, 15) is 30.0 Å². The largest absolute Gasteiger partial charge is 0.479 e. The van der Waals surface area contributed by atoms with Gasteiger partial charge >= 0.3 is 11.9 Å². The Kier molecular flexibility index (Phi) is 5.97. The number of hydrogen-bond acceptors (Lipinski definition) is 10. The first-order valence-electron chi connectivity index (χ1n) is 8.75. The lowest BCUT2D eigenvalue weighted by atomic mass is 9.93. The Hall–Kier alpha value is -3.46. The molecule has 13 nitrogen and oxygen atoms in total. The van der Waals surface area contributed by atoms with Gasteiger partial charge in [0.15, 0.2) is 23.3 Å². The first kappa shape index (κ1) is 23.2. The maximum absolute atomic E-state index is 11.6. The van der Waals surface area contributed by atoms with Crippen LogP contribution in [0, 0.1) is 24.7 Å². The molecule has 168 valence electrons. The zero-order valence-electron chi connectivity index (χ0n) is 16.0. The first-order valence-corrected chi connectivity index (χ1v) is 9.13. The molecule has 2 aromatic heterocycles. The van der Waals surface area contributed by atoms with E-state index in [2.05, 4.69) is 15.0 Å². The number of ether oxygens (including phenoxy) is 2. The van der Waals surface area contributed by atoms with Crippen molar-refractivity contribution in [2.75, 3.05) is 12.3 Å². The Bertz CT molecular complexity index is 1160. The highest BCUT2D eigenvalue weighted by Gasteiger charge is 2.57. The fraction of sp³-hybridized carbons (Fsp3) is 0.389. The molecule has 0 bridgehead atoms. The summed E-state index contributed by atoms with van der Waals surface area (Å²) < 4.78 is 11.9. The maximum Gasteiger partial charge on any atom is 0.348 e. The van der Waals surface area contributed by atoms with Crippen molar-refractivity contribution in [3.8, 4) is 24.7 Å². The zero-order chi connectivity index (χ0) is 23.8. The number of hydrogen-bond donors (Lipinski definition) is 5. The molecule has 1 aliphatic rings. The third kappa shape index (κ3) is 3.48. The van der Waals surface area contributed by atoms with E-state index in [0.717, 1.165) is 0 Å². The van der Waals surface area contributed by atoms with Gasteiger partial charge in [-0.2, -0.15) is 9.97 Å². The van der Waals surface area contributed by atoms with Crippen LogP contribution in [0.1, 0.15) is 12.6 Å². The number of terminal acetylenes is 2. The van der Waals surface area contributed by atoms with Gasteiger partial charge in [0.2, 0.25) is 5.28 Å². The quantitative estimate of drug-likeness (QED) is 0.182. The highest BCUT2D eigenvalue weighted by atomic mass is 35.5. The van der Waals surface area contributed by atoms with E-state index >= 15 is 0 Å². The number of carbonyl (C=O) groups is 2. The molecule has 0 amide bonds. The summed E-state index contributed by atoms with van der Waals surface area (Å²) in [5.41, 5.74) is 0.678. The molecule has 3 heterocycles. The van der Waals surface area contributed by atoms with Crippen LogP contribution in [-0.4, -0.2) is 81.9 Å². The van der Waals surface area contributed by atoms with Crippen LogP contribution in [0.5, 0.6) is 0 Å². The van der Waals surface area contributed by atoms with Crippen LogP contribution in [0.4, 0.5) is 5.82 Å². The third-order valence-electron chi connectivity index (χ3n) is 4.97. The molecule has 14 heteroatoms. The second-order valence-corrected chi connectivity index (χ2v) is 7.10. The number of imidazole rings is 1. The summed E-state index contributed by atoms with van der Waals surface area (Å²) in [4.78, 5) is 34.9. The van der Waals surface area contributed by atoms with Crippen LogP contribution in [0.2, 0.25) is 5.28 Å². The number of nitrogens with two attached hydrogens (primary N) is 1. The van der Waals surface area contributed by atoms with Gasteiger partial charge in [-0.25, -0.2) is 14.6 Å². The SMILES string of the molecule is C#CCC(OC[C@H]1O[C@@H](n2cnc3c(N)nc(Cl)nc32)[C@H](O)[C@@]1(O)C#C)(C(=O)O)C(=O)O. The molecule has 0 spiro atoms. The van der Waals surface area contributed by atoms with Crippen molar-refractivity contribution in [1.82, 2.24) is 19.5 Å². The molecule has 1 saturated heterocycles. The van der Waals surface area contributed by atoms with E-state index in [-0.39, 0.29) is 22.3 Å². The third-order valence-corrected chi connectivity index (χ3v) is 5.13. The molecule has 2 aromatic rings. The number of anilines is 1. The van der Waals surface area contributed by atoms with Crippen LogP contribution in [-0.2, 0) is 19.1 Å². The number of halogens is 1. The molecule has 0 saturated carbocycles. The summed E-state index contributed by atoms with van der Waals surface area (Å²) in [6.07, 6.45) is 6.05. The summed E-state index contributed by atoms with van der Waals surface area (Å²) in [6, 6.07) is 0. The molecule has 6 N–H and O–H groups in total. The zero-order valence-corrected chi connectivity index (χ0v) is 16.8. The van der Waals surface area contributed by atoms with Gasteiger partial charge in [-0.1, -0.05) is 5.92 Å². The minimum atomic E-state index is -2.83. The lowest BCUT2D eigenvalue weighted by molar-refractivity contribution is -0.190. The number of fused-ring (bicyclic) bond motifs is 1. The fourth-order valence-corrected chi connectivity index (χ4v) is 3.36. The molecular weight excluding hydrogens is 450 g/mol. The predicted octanol–water partition coefficient (Wildman–Crippen LogP) is -1.37. The molecule has 32 heavy (non-hydrogen) atoms. The Balaban J connectivity index is 1.96. The van der Waals surface area contributed by atoms with Gasteiger partial charge in [0, 0.05) is 0 Å². The number of carboxylic acids is 2. The topological polar surface area (TPSA) is 203 Å². The molecule has 3 rings (SSSR count). The first-order chi connectivity index (χ1) is 15.0. The van der Waals surface area contributed by atoms with Gasteiger partial charge in [0.05, 0.1) is 19.4 Å². The van der Waals surface area contributed by atoms with Crippen LogP contribution in [0.15, 0.2) is 6.33 Å². The Labute approximate surface area is 184 Å². The molecule has 0 aromatic carbocycles. The second kappa shape index (κ2) is 8.23. The number of rotatable bonds is 7. The summed E-state index contributed by atoms with van der Waals surface area (Å²) >= 11 is 5.82. The average molecular weight is 466 g/mol. The van der Waals surface area contributed by atoms with E-state index in [1.807, 2.05) is 11.8 Å². The van der Waals surface area contributed by atoms with Gasteiger partial charge in [0.25, 0.3) is 5.60 Å². The smallest absolute Gasteiger partial charge is 0.348 e. The monoisotopic (exact) mass is 465 g/mol. The van der Waals surface area contributed by atoms with Gasteiger partial charge in [-0.05, 0) is 11.6 Å².